The third-order valence-electron chi connectivity index (χ3n) is 3.44. The van der Waals surface area contributed by atoms with Gasteiger partial charge in [0.15, 0.2) is 0 Å². The molecule has 0 fully saturated rings. The predicted molar refractivity (Wildman–Crippen MR) is 79.0 cm³/mol. The number of hydrogen-bond acceptors (Lipinski definition) is 2. The van der Waals surface area contributed by atoms with Crippen LogP contribution in [0.1, 0.15) is 16.9 Å². The van der Waals surface area contributed by atoms with Gasteiger partial charge in [-0.25, -0.2) is 0 Å². The van der Waals surface area contributed by atoms with Crippen LogP contribution in [0.2, 0.25) is 0 Å². The van der Waals surface area contributed by atoms with Crippen LogP contribution in [-0.2, 0) is 6.54 Å². The Labute approximate surface area is 112 Å². The Morgan fingerprint density at radius 1 is 1.05 bits per heavy atom. The Kier molecular flexibility index (Phi) is 2.88. The van der Waals surface area contributed by atoms with Gasteiger partial charge in [0.05, 0.1) is 6.54 Å². The van der Waals surface area contributed by atoms with E-state index < -0.39 is 0 Å². The quantitative estimate of drug-likeness (QED) is 0.742. The van der Waals surface area contributed by atoms with Gasteiger partial charge in [-0.05, 0) is 36.6 Å². The summed E-state index contributed by atoms with van der Waals surface area (Å²) in [5, 5.41) is 1.16. The summed E-state index contributed by atoms with van der Waals surface area (Å²) in [6.45, 7) is 4.60. The summed E-state index contributed by atoms with van der Waals surface area (Å²) in [6, 6.07) is 14.6. The highest BCUT2D eigenvalue weighted by Gasteiger charge is 2.16. The molecule has 0 aliphatic carbocycles. The average molecular weight is 251 g/mol. The van der Waals surface area contributed by atoms with E-state index >= 15 is 0 Å². The third kappa shape index (κ3) is 1.94. The van der Waals surface area contributed by atoms with Crippen LogP contribution in [0.4, 0.5) is 0 Å². The lowest BCUT2D eigenvalue weighted by Crippen LogP contribution is -1.95. The zero-order valence-corrected chi connectivity index (χ0v) is 11.2. The van der Waals surface area contributed by atoms with Crippen molar-refractivity contribution in [2.24, 2.45) is 5.73 Å². The van der Waals surface area contributed by atoms with Crippen LogP contribution in [0, 0.1) is 13.8 Å². The molecular weight excluding hydrogens is 234 g/mol. The highest BCUT2D eigenvalue weighted by molar-refractivity contribution is 5.97. The van der Waals surface area contributed by atoms with Crippen molar-refractivity contribution in [1.82, 2.24) is 0 Å². The maximum atomic E-state index is 5.96. The standard InChI is InChI=1S/C17H17NO/c1-11-8-12(2)17-14(9-11)16(15(10-18)19-17)13-6-4-3-5-7-13/h3-9H,10,18H2,1-2H3. The molecular formula is C17H17NO. The molecule has 2 heteroatoms. The van der Waals surface area contributed by atoms with Crippen molar-refractivity contribution >= 4 is 11.0 Å². The first-order valence-corrected chi connectivity index (χ1v) is 6.49. The zero-order chi connectivity index (χ0) is 13.4. The van der Waals surface area contributed by atoms with Crippen molar-refractivity contribution in [2.75, 3.05) is 0 Å². The first kappa shape index (κ1) is 12.0. The minimum absolute atomic E-state index is 0.414. The number of rotatable bonds is 2. The highest BCUT2D eigenvalue weighted by atomic mass is 16.3. The molecule has 0 aliphatic rings. The SMILES string of the molecule is Cc1cc(C)c2oc(CN)c(-c3ccccc3)c2c1. The monoisotopic (exact) mass is 251 g/mol. The summed E-state index contributed by atoms with van der Waals surface area (Å²) in [5.41, 5.74) is 11.5. The maximum Gasteiger partial charge on any atom is 0.137 e. The van der Waals surface area contributed by atoms with E-state index in [0.29, 0.717) is 6.54 Å². The normalized spacial score (nSPS) is 11.1. The number of hydrogen-bond donors (Lipinski definition) is 1. The molecule has 3 rings (SSSR count). The summed E-state index contributed by atoms with van der Waals surface area (Å²) in [7, 11) is 0. The lowest BCUT2D eigenvalue weighted by atomic mass is 9.99. The van der Waals surface area contributed by atoms with Crippen LogP contribution in [0.15, 0.2) is 46.9 Å². The first-order chi connectivity index (χ1) is 9.20. The van der Waals surface area contributed by atoms with E-state index in [0.717, 1.165) is 33.4 Å². The third-order valence-corrected chi connectivity index (χ3v) is 3.44. The largest absolute Gasteiger partial charge is 0.459 e. The van der Waals surface area contributed by atoms with Gasteiger partial charge < -0.3 is 10.2 Å². The lowest BCUT2D eigenvalue weighted by Gasteiger charge is -2.02. The van der Waals surface area contributed by atoms with E-state index in [-0.39, 0.29) is 0 Å². The molecule has 0 aliphatic heterocycles. The Hall–Kier alpha value is -2.06. The van der Waals surface area contributed by atoms with Gasteiger partial charge >= 0.3 is 0 Å². The summed E-state index contributed by atoms with van der Waals surface area (Å²) in [5.74, 6) is 0.856. The molecule has 0 spiro atoms. The number of furan rings is 1. The molecule has 2 aromatic carbocycles. The molecule has 2 N–H and O–H groups in total. The molecule has 0 saturated carbocycles. The van der Waals surface area contributed by atoms with E-state index in [2.05, 4.69) is 38.1 Å². The van der Waals surface area contributed by atoms with Crippen LogP contribution in [0.5, 0.6) is 0 Å². The second-order valence-electron chi connectivity index (χ2n) is 4.93. The van der Waals surface area contributed by atoms with E-state index in [9.17, 15) is 0 Å². The average Bonchev–Trinajstić information content (AvgIpc) is 2.78. The Morgan fingerprint density at radius 3 is 2.47 bits per heavy atom. The van der Waals surface area contributed by atoms with E-state index in [1.54, 1.807) is 0 Å². The van der Waals surface area contributed by atoms with Crippen molar-refractivity contribution in [3.8, 4) is 11.1 Å². The summed E-state index contributed by atoms with van der Waals surface area (Å²) in [4.78, 5) is 0. The van der Waals surface area contributed by atoms with Gasteiger partial charge in [-0.3, -0.25) is 0 Å². The molecule has 96 valence electrons. The fourth-order valence-corrected chi connectivity index (χ4v) is 2.67. The molecule has 0 radical (unpaired) electrons. The summed E-state index contributed by atoms with van der Waals surface area (Å²) in [6.07, 6.45) is 0. The van der Waals surface area contributed by atoms with Gasteiger partial charge in [-0.1, -0.05) is 36.4 Å². The molecule has 0 saturated heterocycles. The van der Waals surface area contributed by atoms with Crippen LogP contribution < -0.4 is 5.73 Å². The fraction of sp³-hybridized carbons (Fsp3) is 0.176. The van der Waals surface area contributed by atoms with Crippen molar-refractivity contribution in [3.63, 3.8) is 0 Å². The van der Waals surface area contributed by atoms with Crippen molar-refractivity contribution in [1.29, 1.82) is 0 Å². The molecule has 0 unspecified atom stereocenters. The Morgan fingerprint density at radius 2 is 1.79 bits per heavy atom. The second kappa shape index (κ2) is 4.56. The number of benzene rings is 2. The topological polar surface area (TPSA) is 39.2 Å². The molecule has 2 nitrogen and oxygen atoms in total. The van der Waals surface area contributed by atoms with Crippen LogP contribution in [0.3, 0.4) is 0 Å². The molecule has 1 aromatic heterocycles. The summed E-state index contributed by atoms with van der Waals surface area (Å²) >= 11 is 0. The van der Waals surface area contributed by atoms with E-state index in [4.69, 9.17) is 10.2 Å². The van der Waals surface area contributed by atoms with Gasteiger partial charge in [-0.2, -0.15) is 0 Å². The minimum Gasteiger partial charge on any atom is -0.459 e. The summed E-state index contributed by atoms with van der Waals surface area (Å²) < 4.78 is 5.96. The Bertz CT molecular complexity index is 726. The minimum atomic E-state index is 0.414. The fourth-order valence-electron chi connectivity index (χ4n) is 2.67. The molecule has 0 amide bonds. The lowest BCUT2D eigenvalue weighted by molar-refractivity contribution is 0.552. The second-order valence-corrected chi connectivity index (χ2v) is 4.93. The maximum absolute atomic E-state index is 5.96. The van der Waals surface area contributed by atoms with Crippen molar-refractivity contribution in [2.45, 2.75) is 20.4 Å². The zero-order valence-electron chi connectivity index (χ0n) is 11.2. The number of fused-ring (bicyclic) bond motifs is 1. The van der Waals surface area contributed by atoms with Crippen molar-refractivity contribution < 1.29 is 4.42 Å². The van der Waals surface area contributed by atoms with E-state index in [1.165, 1.54) is 5.56 Å². The Balaban J connectivity index is 2.39. The van der Waals surface area contributed by atoms with Gasteiger partial charge in [0.1, 0.15) is 11.3 Å². The van der Waals surface area contributed by atoms with E-state index in [1.807, 2.05) is 18.2 Å². The van der Waals surface area contributed by atoms with Crippen LogP contribution >= 0.6 is 0 Å². The smallest absolute Gasteiger partial charge is 0.137 e. The highest BCUT2D eigenvalue weighted by Crippen LogP contribution is 2.36. The van der Waals surface area contributed by atoms with Crippen LogP contribution in [0.25, 0.3) is 22.1 Å². The molecule has 0 bridgehead atoms. The molecule has 19 heavy (non-hydrogen) atoms. The predicted octanol–water partition coefficient (Wildman–Crippen LogP) is 4.18. The van der Waals surface area contributed by atoms with Gasteiger partial charge in [0, 0.05) is 10.9 Å². The first-order valence-electron chi connectivity index (χ1n) is 6.49. The van der Waals surface area contributed by atoms with Gasteiger partial charge in [-0.15, -0.1) is 0 Å². The van der Waals surface area contributed by atoms with Gasteiger partial charge in [0.25, 0.3) is 0 Å². The number of aryl methyl sites for hydroxylation is 2. The molecule has 1 heterocycles. The van der Waals surface area contributed by atoms with Crippen molar-refractivity contribution in [3.05, 3.63) is 59.4 Å². The van der Waals surface area contributed by atoms with Gasteiger partial charge in [0.2, 0.25) is 0 Å². The molecule has 3 aromatic rings. The number of nitrogens with two attached hydrogens (primary N) is 1. The molecule has 0 atom stereocenters. The van der Waals surface area contributed by atoms with Crippen LogP contribution in [-0.4, -0.2) is 0 Å².